The van der Waals surface area contributed by atoms with Crippen molar-refractivity contribution in [3.05, 3.63) is 36.7 Å². The van der Waals surface area contributed by atoms with Gasteiger partial charge in [-0.1, -0.05) is 11.8 Å². The molecular formula is C15H15N5O3S. The van der Waals surface area contributed by atoms with Crippen molar-refractivity contribution in [2.45, 2.75) is 5.03 Å². The Bertz CT molecular complexity index is 867. The van der Waals surface area contributed by atoms with Crippen LogP contribution in [-0.4, -0.2) is 45.7 Å². The number of aromatic nitrogens is 4. The Morgan fingerprint density at radius 3 is 2.92 bits per heavy atom. The number of methoxy groups -OCH3 is 2. The molecule has 24 heavy (non-hydrogen) atoms. The van der Waals surface area contributed by atoms with E-state index in [1.54, 1.807) is 42.0 Å². The van der Waals surface area contributed by atoms with E-state index < -0.39 is 0 Å². The number of ether oxygens (including phenoxy) is 2. The molecule has 2 heterocycles. The molecule has 9 heteroatoms. The molecule has 0 unspecified atom stereocenters. The Labute approximate surface area is 142 Å². The molecule has 0 saturated carbocycles. The molecule has 3 aromatic rings. The third kappa shape index (κ3) is 3.57. The van der Waals surface area contributed by atoms with E-state index >= 15 is 0 Å². The summed E-state index contributed by atoms with van der Waals surface area (Å²) in [6.07, 6.45) is 1.52. The van der Waals surface area contributed by atoms with Gasteiger partial charge in [0.1, 0.15) is 22.9 Å². The van der Waals surface area contributed by atoms with Crippen molar-refractivity contribution in [1.82, 2.24) is 19.8 Å². The van der Waals surface area contributed by atoms with Gasteiger partial charge in [0, 0.05) is 6.07 Å². The van der Waals surface area contributed by atoms with Gasteiger partial charge in [-0.25, -0.2) is 0 Å². The van der Waals surface area contributed by atoms with Gasteiger partial charge in [0.05, 0.1) is 25.7 Å². The molecule has 0 spiro atoms. The van der Waals surface area contributed by atoms with Crippen molar-refractivity contribution in [1.29, 1.82) is 0 Å². The molecule has 1 N–H and O–H groups in total. The number of amides is 1. The molecule has 0 fully saturated rings. The summed E-state index contributed by atoms with van der Waals surface area (Å²) in [6, 6.07) is 8.81. The zero-order valence-corrected chi connectivity index (χ0v) is 13.9. The lowest BCUT2D eigenvalue weighted by Gasteiger charge is -2.11. The number of hydrogen-bond acceptors (Lipinski definition) is 7. The molecule has 0 aliphatic carbocycles. The first-order valence-electron chi connectivity index (χ1n) is 7.01. The first-order chi connectivity index (χ1) is 11.7. The fourth-order valence-electron chi connectivity index (χ4n) is 2.02. The highest BCUT2D eigenvalue weighted by atomic mass is 32.2. The van der Waals surface area contributed by atoms with Gasteiger partial charge in [0.25, 0.3) is 0 Å². The minimum Gasteiger partial charge on any atom is -0.497 e. The fraction of sp³-hybridized carbons (Fsp3) is 0.200. The van der Waals surface area contributed by atoms with Crippen molar-refractivity contribution in [3.63, 3.8) is 0 Å². The van der Waals surface area contributed by atoms with Crippen LogP contribution in [0.2, 0.25) is 0 Å². The molecule has 0 aliphatic rings. The summed E-state index contributed by atoms with van der Waals surface area (Å²) in [7, 11) is 3.11. The highest BCUT2D eigenvalue weighted by Crippen LogP contribution is 2.29. The van der Waals surface area contributed by atoms with Crippen LogP contribution < -0.4 is 14.8 Å². The lowest BCUT2D eigenvalue weighted by Crippen LogP contribution is -2.15. The highest BCUT2D eigenvalue weighted by Gasteiger charge is 2.10. The quantitative estimate of drug-likeness (QED) is 0.682. The Morgan fingerprint density at radius 1 is 1.25 bits per heavy atom. The molecule has 124 valence electrons. The first-order valence-corrected chi connectivity index (χ1v) is 8.00. The number of thioether (sulfide) groups is 1. The summed E-state index contributed by atoms with van der Waals surface area (Å²) in [5, 5.41) is 15.5. The standard InChI is InChI=1S/C15H15N5O3S/c1-22-10-3-4-11(12(7-10)23-2)17-14(21)8-24-15-6-5-13-18-16-9-20(13)19-15/h3-7,9H,8H2,1-2H3,(H,17,21). The Kier molecular flexibility index (Phi) is 4.80. The van der Waals surface area contributed by atoms with Crippen molar-refractivity contribution < 1.29 is 14.3 Å². The largest absolute Gasteiger partial charge is 0.497 e. The number of nitrogens with zero attached hydrogens (tertiary/aromatic N) is 4. The van der Waals surface area contributed by atoms with Crippen molar-refractivity contribution >= 4 is 29.0 Å². The van der Waals surface area contributed by atoms with Gasteiger partial charge in [0.15, 0.2) is 5.65 Å². The third-order valence-electron chi connectivity index (χ3n) is 3.17. The molecule has 3 rings (SSSR count). The van der Waals surface area contributed by atoms with Crippen molar-refractivity contribution in [2.75, 3.05) is 25.3 Å². The lowest BCUT2D eigenvalue weighted by atomic mass is 10.2. The fourth-order valence-corrected chi connectivity index (χ4v) is 2.68. The average molecular weight is 345 g/mol. The van der Waals surface area contributed by atoms with E-state index in [9.17, 15) is 4.79 Å². The lowest BCUT2D eigenvalue weighted by molar-refractivity contribution is -0.113. The summed E-state index contributed by atoms with van der Waals surface area (Å²) in [5.41, 5.74) is 1.25. The predicted molar refractivity (Wildman–Crippen MR) is 89.7 cm³/mol. The third-order valence-corrected chi connectivity index (χ3v) is 4.09. The monoisotopic (exact) mass is 345 g/mol. The van der Waals surface area contributed by atoms with Crippen LogP contribution >= 0.6 is 11.8 Å². The molecule has 0 atom stereocenters. The van der Waals surface area contributed by atoms with Crippen molar-refractivity contribution in [3.8, 4) is 11.5 Å². The summed E-state index contributed by atoms with van der Waals surface area (Å²) >= 11 is 1.32. The Hall–Kier alpha value is -2.81. The topological polar surface area (TPSA) is 90.6 Å². The van der Waals surface area contributed by atoms with E-state index in [1.807, 2.05) is 0 Å². The van der Waals surface area contributed by atoms with E-state index in [4.69, 9.17) is 9.47 Å². The number of benzene rings is 1. The van der Waals surface area contributed by atoms with Gasteiger partial charge in [-0.3, -0.25) is 4.79 Å². The van der Waals surface area contributed by atoms with E-state index in [2.05, 4.69) is 20.6 Å². The zero-order chi connectivity index (χ0) is 16.9. The van der Waals surface area contributed by atoms with Crippen LogP contribution in [0.3, 0.4) is 0 Å². The number of anilines is 1. The minimum absolute atomic E-state index is 0.158. The maximum Gasteiger partial charge on any atom is 0.234 e. The van der Waals surface area contributed by atoms with Crippen LogP contribution in [0, 0.1) is 0 Å². The molecule has 2 aromatic heterocycles. The van der Waals surface area contributed by atoms with Gasteiger partial charge < -0.3 is 14.8 Å². The van der Waals surface area contributed by atoms with Gasteiger partial charge in [-0.05, 0) is 24.3 Å². The maximum atomic E-state index is 12.1. The summed E-state index contributed by atoms with van der Waals surface area (Å²) in [6.45, 7) is 0. The summed E-state index contributed by atoms with van der Waals surface area (Å²) in [4.78, 5) is 12.1. The molecule has 0 saturated heterocycles. The van der Waals surface area contributed by atoms with E-state index in [0.29, 0.717) is 27.9 Å². The first kappa shape index (κ1) is 16.1. The molecule has 1 amide bonds. The van der Waals surface area contributed by atoms with E-state index in [1.165, 1.54) is 25.2 Å². The zero-order valence-electron chi connectivity index (χ0n) is 13.1. The molecule has 0 radical (unpaired) electrons. The second kappa shape index (κ2) is 7.18. The normalized spacial score (nSPS) is 10.6. The molecule has 8 nitrogen and oxygen atoms in total. The number of carbonyl (C=O) groups excluding carboxylic acids is 1. The summed E-state index contributed by atoms with van der Waals surface area (Å²) in [5.74, 6) is 1.26. The maximum absolute atomic E-state index is 12.1. The SMILES string of the molecule is COc1ccc(NC(=O)CSc2ccc3nncn3n2)c(OC)c1. The van der Waals surface area contributed by atoms with Crippen LogP contribution in [0.1, 0.15) is 0 Å². The number of hydrogen-bond donors (Lipinski definition) is 1. The number of rotatable bonds is 6. The predicted octanol–water partition coefficient (Wildman–Crippen LogP) is 1.87. The van der Waals surface area contributed by atoms with Gasteiger partial charge in [0.2, 0.25) is 5.91 Å². The van der Waals surface area contributed by atoms with Crippen LogP contribution in [0.15, 0.2) is 41.7 Å². The summed E-state index contributed by atoms with van der Waals surface area (Å²) < 4.78 is 12.0. The second-order valence-electron chi connectivity index (χ2n) is 4.71. The van der Waals surface area contributed by atoms with Crippen LogP contribution in [-0.2, 0) is 4.79 Å². The smallest absolute Gasteiger partial charge is 0.234 e. The average Bonchev–Trinajstić information content (AvgIpc) is 3.08. The van der Waals surface area contributed by atoms with Crippen LogP contribution in [0.25, 0.3) is 5.65 Å². The number of fused-ring (bicyclic) bond motifs is 1. The molecule has 0 bridgehead atoms. The van der Waals surface area contributed by atoms with Crippen molar-refractivity contribution in [2.24, 2.45) is 0 Å². The Morgan fingerprint density at radius 2 is 2.12 bits per heavy atom. The number of nitrogens with one attached hydrogen (secondary N) is 1. The highest BCUT2D eigenvalue weighted by molar-refractivity contribution is 7.99. The van der Waals surface area contributed by atoms with Gasteiger partial charge >= 0.3 is 0 Å². The number of carbonyl (C=O) groups is 1. The minimum atomic E-state index is -0.158. The van der Waals surface area contributed by atoms with E-state index in [-0.39, 0.29) is 11.7 Å². The van der Waals surface area contributed by atoms with E-state index in [0.717, 1.165) is 0 Å². The van der Waals surface area contributed by atoms with Gasteiger partial charge in [-0.2, -0.15) is 9.61 Å². The second-order valence-corrected chi connectivity index (χ2v) is 5.70. The van der Waals surface area contributed by atoms with Gasteiger partial charge in [-0.15, -0.1) is 10.2 Å². The molecule has 0 aliphatic heterocycles. The molecular weight excluding hydrogens is 330 g/mol. The molecule has 1 aromatic carbocycles. The van der Waals surface area contributed by atoms with Crippen LogP contribution in [0.4, 0.5) is 5.69 Å². The van der Waals surface area contributed by atoms with Crippen LogP contribution in [0.5, 0.6) is 11.5 Å². The Balaban J connectivity index is 1.63.